The van der Waals surface area contributed by atoms with Crippen LogP contribution < -0.4 is 5.32 Å². The van der Waals surface area contributed by atoms with Gasteiger partial charge in [-0.05, 0) is 53.9 Å². The quantitative estimate of drug-likeness (QED) is 0.734. The second kappa shape index (κ2) is 7.05. The first-order valence-electron chi connectivity index (χ1n) is 7.81. The summed E-state index contributed by atoms with van der Waals surface area (Å²) >= 11 is 6.53. The molecule has 3 rings (SSSR count). The number of halogens is 1. The molecule has 1 aliphatic carbocycles. The second-order valence-electron chi connectivity index (χ2n) is 6.18. The Balaban J connectivity index is 1.74. The van der Waals surface area contributed by atoms with Crippen molar-refractivity contribution < 1.29 is 9.90 Å². The monoisotopic (exact) mass is 413 g/mol. The van der Waals surface area contributed by atoms with Crippen LogP contribution in [0.15, 0.2) is 28.1 Å². The molecule has 2 N–H and O–H groups in total. The van der Waals surface area contributed by atoms with Crippen molar-refractivity contribution in [3.8, 4) is 0 Å². The van der Waals surface area contributed by atoms with Crippen molar-refractivity contribution >= 4 is 44.5 Å². The highest BCUT2D eigenvalue weighted by atomic mass is 79.9. The molecule has 0 radical (unpaired) electrons. The van der Waals surface area contributed by atoms with E-state index in [1.165, 1.54) is 29.1 Å². The lowest BCUT2D eigenvalue weighted by molar-refractivity contribution is 0.0947. The van der Waals surface area contributed by atoms with Crippen molar-refractivity contribution in [2.45, 2.75) is 44.1 Å². The first-order chi connectivity index (χ1) is 11.0. The van der Waals surface area contributed by atoms with E-state index in [9.17, 15) is 9.90 Å². The van der Waals surface area contributed by atoms with Crippen LogP contribution in [-0.2, 0) is 5.41 Å². The van der Waals surface area contributed by atoms with Gasteiger partial charge in [0, 0.05) is 31.6 Å². The summed E-state index contributed by atoms with van der Waals surface area (Å²) in [5, 5.41) is 14.8. The van der Waals surface area contributed by atoms with E-state index >= 15 is 0 Å². The van der Waals surface area contributed by atoms with Crippen molar-refractivity contribution in [3.05, 3.63) is 42.7 Å². The van der Waals surface area contributed by atoms with Crippen molar-refractivity contribution in [1.82, 2.24) is 5.32 Å². The van der Waals surface area contributed by atoms with Crippen LogP contribution in [0.2, 0.25) is 0 Å². The van der Waals surface area contributed by atoms with Crippen LogP contribution in [0.3, 0.4) is 0 Å². The summed E-state index contributed by atoms with van der Waals surface area (Å²) in [6.45, 7) is 2.47. The normalized spacial score (nSPS) is 18.0. The van der Waals surface area contributed by atoms with Gasteiger partial charge in [0.25, 0.3) is 5.91 Å². The molecular formula is C17H20BrNO2S2. The average Bonchev–Trinajstić information content (AvgIpc) is 3.25. The molecule has 0 aliphatic heterocycles. The van der Waals surface area contributed by atoms with E-state index < -0.39 is 6.10 Å². The summed E-state index contributed by atoms with van der Waals surface area (Å²) in [7, 11) is 0. The number of carbonyl (C=O) groups excluding carboxylic acids is 1. The molecule has 2 aromatic rings. The number of aliphatic hydroxyl groups excluding tert-OH is 1. The molecule has 3 nitrogen and oxygen atoms in total. The fourth-order valence-electron chi connectivity index (χ4n) is 3.19. The molecule has 1 atom stereocenters. The van der Waals surface area contributed by atoms with Crippen LogP contribution >= 0.6 is 38.6 Å². The summed E-state index contributed by atoms with van der Waals surface area (Å²) in [6, 6.07) is 6.01. The van der Waals surface area contributed by atoms with Crippen molar-refractivity contribution in [2.75, 3.05) is 6.54 Å². The number of nitrogens with one attached hydrogen (secondary N) is 1. The highest BCUT2D eigenvalue weighted by Crippen LogP contribution is 2.44. The molecule has 1 amide bonds. The summed E-state index contributed by atoms with van der Waals surface area (Å²) in [4.78, 5) is 15.4. The van der Waals surface area contributed by atoms with Crippen LogP contribution in [0.5, 0.6) is 0 Å². The van der Waals surface area contributed by atoms with Gasteiger partial charge in [0.15, 0.2) is 0 Å². The van der Waals surface area contributed by atoms with Gasteiger partial charge in [-0.25, -0.2) is 0 Å². The molecule has 2 aromatic heterocycles. The van der Waals surface area contributed by atoms with E-state index in [-0.39, 0.29) is 11.3 Å². The Morgan fingerprint density at radius 1 is 1.43 bits per heavy atom. The van der Waals surface area contributed by atoms with Gasteiger partial charge in [0.05, 0.1) is 11.0 Å². The lowest BCUT2D eigenvalue weighted by Gasteiger charge is -2.28. The molecule has 23 heavy (non-hydrogen) atoms. The molecular weight excluding hydrogens is 394 g/mol. The van der Waals surface area contributed by atoms with Crippen molar-refractivity contribution in [2.24, 2.45) is 0 Å². The number of hydrogen-bond donors (Lipinski definition) is 2. The number of hydrogen-bond acceptors (Lipinski definition) is 4. The van der Waals surface area contributed by atoms with Gasteiger partial charge in [-0.2, -0.15) is 0 Å². The predicted octanol–water partition coefficient (Wildman–Crippen LogP) is 4.87. The van der Waals surface area contributed by atoms with Gasteiger partial charge in [0.2, 0.25) is 0 Å². The Hall–Kier alpha value is -0.690. The number of carbonyl (C=O) groups is 1. The van der Waals surface area contributed by atoms with E-state index in [1.807, 2.05) is 17.5 Å². The third kappa shape index (κ3) is 3.71. The van der Waals surface area contributed by atoms with Gasteiger partial charge in [0.1, 0.15) is 0 Å². The summed E-state index contributed by atoms with van der Waals surface area (Å²) in [5.74, 6) is -0.000666. The average molecular weight is 414 g/mol. The maximum atomic E-state index is 12.3. The smallest absolute Gasteiger partial charge is 0.261 e. The lowest BCUT2D eigenvalue weighted by Crippen LogP contribution is -2.38. The largest absolute Gasteiger partial charge is 0.388 e. The minimum absolute atomic E-state index is 0.000666. The van der Waals surface area contributed by atoms with Gasteiger partial charge >= 0.3 is 0 Å². The third-order valence-corrected chi connectivity index (χ3v) is 7.69. The Kier molecular flexibility index (Phi) is 5.26. The molecule has 124 valence electrons. The Labute approximate surface area is 152 Å². The SMILES string of the molecule is C[C@H](O)c1ccc(C2(CNC(=O)c3cc(Br)cs3)CCCC2)s1. The van der Waals surface area contributed by atoms with E-state index in [1.54, 1.807) is 18.3 Å². The van der Waals surface area contributed by atoms with Crippen LogP contribution in [0.4, 0.5) is 0 Å². The molecule has 1 fully saturated rings. The highest BCUT2D eigenvalue weighted by Gasteiger charge is 2.37. The fraction of sp³-hybridized carbons (Fsp3) is 0.471. The topological polar surface area (TPSA) is 49.3 Å². The van der Waals surface area contributed by atoms with Crippen LogP contribution in [0.25, 0.3) is 0 Å². The maximum Gasteiger partial charge on any atom is 0.261 e. The zero-order chi connectivity index (χ0) is 16.4. The molecule has 0 saturated heterocycles. The maximum absolute atomic E-state index is 12.3. The molecule has 0 unspecified atom stereocenters. The second-order valence-corrected chi connectivity index (χ2v) is 9.12. The van der Waals surface area contributed by atoms with Crippen LogP contribution in [0.1, 0.15) is 58.1 Å². The first-order valence-corrected chi connectivity index (χ1v) is 10.3. The van der Waals surface area contributed by atoms with Crippen LogP contribution in [0, 0.1) is 0 Å². The fourth-order valence-corrected chi connectivity index (χ4v) is 5.73. The number of amides is 1. The predicted molar refractivity (Wildman–Crippen MR) is 99.5 cm³/mol. The summed E-state index contributed by atoms with van der Waals surface area (Å²) < 4.78 is 0.947. The van der Waals surface area contributed by atoms with Gasteiger partial charge in [-0.15, -0.1) is 22.7 Å². The number of aliphatic hydroxyl groups is 1. The standard InChI is InChI=1S/C17H20BrNO2S2/c1-11(20)13-4-5-15(23-13)17(6-2-3-7-17)10-19-16(21)14-8-12(18)9-22-14/h4-5,8-9,11,20H,2-3,6-7,10H2,1H3,(H,19,21)/t11-/m0/s1. The highest BCUT2D eigenvalue weighted by molar-refractivity contribution is 9.10. The van der Waals surface area contributed by atoms with E-state index in [0.29, 0.717) is 6.54 Å². The molecule has 0 aromatic carbocycles. The minimum Gasteiger partial charge on any atom is -0.388 e. The van der Waals surface area contributed by atoms with Crippen molar-refractivity contribution in [3.63, 3.8) is 0 Å². The lowest BCUT2D eigenvalue weighted by atomic mass is 9.84. The molecule has 0 spiro atoms. The molecule has 6 heteroatoms. The molecule has 2 heterocycles. The van der Waals surface area contributed by atoms with Crippen molar-refractivity contribution in [1.29, 1.82) is 0 Å². The zero-order valence-electron chi connectivity index (χ0n) is 13.0. The van der Waals surface area contributed by atoms with E-state index in [4.69, 9.17) is 0 Å². The minimum atomic E-state index is -0.426. The van der Waals surface area contributed by atoms with E-state index in [2.05, 4.69) is 27.3 Å². The molecule has 1 saturated carbocycles. The Morgan fingerprint density at radius 3 is 2.74 bits per heavy atom. The molecule has 0 bridgehead atoms. The zero-order valence-corrected chi connectivity index (χ0v) is 16.2. The number of rotatable bonds is 5. The van der Waals surface area contributed by atoms with Gasteiger partial charge < -0.3 is 10.4 Å². The Morgan fingerprint density at radius 2 is 2.17 bits per heavy atom. The number of thiophene rings is 2. The third-order valence-electron chi connectivity index (χ3n) is 4.50. The van der Waals surface area contributed by atoms with Gasteiger partial charge in [-0.3, -0.25) is 4.79 Å². The Bertz CT molecular complexity index is 686. The summed E-state index contributed by atoms with van der Waals surface area (Å²) in [6.07, 6.45) is 4.16. The van der Waals surface area contributed by atoms with Gasteiger partial charge in [-0.1, -0.05) is 12.8 Å². The first kappa shape index (κ1) is 17.1. The van der Waals surface area contributed by atoms with E-state index in [0.717, 1.165) is 27.1 Å². The van der Waals surface area contributed by atoms with Crippen LogP contribution in [-0.4, -0.2) is 17.6 Å². The summed E-state index contributed by atoms with van der Waals surface area (Å²) in [5.41, 5.74) is 0.0297. The molecule has 1 aliphatic rings.